The normalized spacial score (nSPS) is 10.9. The minimum Gasteiger partial charge on any atom is -0.496 e. The molecule has 0 radical (unpaired) electrons. The van der Waals surface area contributed by atoms with Crippen molar-refractivity contribution in [2.45, 2.75) is 6.54 Å². The summed E-state index contributed by atoms with van der Waals surface area (Å²) in [7, 11) is 3.25. The molecule has 1 heterocycles. The Morgan fingerprint density at radius 2 is 1.96 bits per heavy atom. The SMILES string of the molecule is COc1ccccc1C=CC(=O)N(C)Cc1nc(-c2ccccc2Cl)no1. The molecule has 0 aliphatic carbocycles. The van der Waals surface area contributed by atoms with Gasteiger partial charge in [0.25, 0.3) is 0 Å². The fraction of sp³-hybridized carbons (Fsp3) is 0.150. The second-order valence-corrected chi connectivity index (χ2v) is 6.17. The molecule has 0 saturated carbocycles. The predicted octanol–water partition coefficient (Wildman–Crippen LogP) is 4.07. The number of carbonyl (C=O) groups is 1. The van der Waals surface area contributed by atoms with Gasteiger partial charge in [0.2, 0.25) is 17.6 Å². The average Bonchev–Trinajstić information content (AvgIpc) is 3.14. The second-order valence-electron chi connectivity index (χ2n) is 5.76. The first-order valence-corrected chi connectivity index (χ1v) is 8.60. The maximum Gasteiger partial charge on any atom is 0.246 e. The Bertz CT molecular complexity index is 968. The summed E-state index contributed by atoms with van der Waals surface area (Å²) in [5, 5.41) is 4.47. The molecule has 0 aliphatic rings. The largest absolute Gasteiger partial charge is 0.496 e. The van der Waals surface area contributed by atoms with Crippen molar-refractivity contribution in [1.29, 1.82) is 0 Å². The van der Waals surface area contributed by atoms with Crippen LogP contribution in [0, 0.1) is 0 Å². The first kappa shape index (κ1) is 18.7. The maximum atomic E-state index is 12.3. The molecular weight excluding hydrogens is 366 g/mol. The lowest BCUT2D eigenvalue weighted by atomic mass is 10.2. The Balaban J connectivity index is 1.67. The zero-order valence-electron chi connectivity index (χ0n) is 14.9. The van der Waals surface area contributed by atoms with Crippen LogP contribution in [0.3, 0.4) is 0 Å². The van der Waals surface area contributed by atoms with E-state index in [1.54, 1.807) is 26.3 Å². The number of likely N-dealkylation sites (N-methyl/N-ethyl adjacent to an activating group) is 1. The molecule has 0 fully saturated rings. The minimum absolute atomic E-state index is 0.187. The lowest BCUT2D eigenvalue weighted by Crippen LogP contribution is -2.24. The number of hydrogen-bond acceptors (Lipinski definition) is 5. The first-order chi connectivity index (χ1) is 13.1. The van der Waals surface area contributed by atoms with Gasteiger partial charge in [-0.1, -0.05) is 47.1 Å². The standard InChI is InChI=1S/C20H18ClN3O3/c1-24(19(25)12-11-14-7-3-6-10-17(14)26-2)13-18-22-20(23-27-18)15-8-4-5-9-16(15)21/h3-12H,13H2,1-2H3. The van der Waals surface area contributed by atoms with Crippen molar-refractivity contribution in [3.63, 3.8) is 0 Å². The molecule has 3 rings (SSSR count). The van der Waals surface area contributed by atoms with Gasteiger partial charge in [0.05, 0.1) is 18.7 Å². The van der Waals surface area contributed by atoms with Gasteiger partial charge in [-0.25, -0.2) is 0 Å². The van der Waals surface area contributed by atoms with E-state index in [0.717, 1.165) is 5.56 Å². The van der Waals surface area contributed by atoms with Gasteiger partial charge in [0.1, 0.15) is 5.75 Å². The number of halogens is 1. The van der Waals surface area contributed by atoms with Crippen LogP contribution >= 0.6 is 11.6 Å². The zero-order valence-corrected chi connectivity index (χ0v) is 15.7. The van der Waals surface area contributed by atoms with Gasteiger partial charge in [0, 0.05) is 24.3 Å². The fourth-order valence-corrected chi connectivity index (χ4v) is 2.66. The third-order valence-electron chi connectivity index (χ3n) is 3.88. The highest BCUT2D eigenvalue weighted by atomic mass is 35.5. The summed E-state index contributed by atoms with van der Waals surface area (Å²) in [5.74, 6) is 1.22. The number of rotatable bonds is 6. The number of ether oxygens (including phenoxy) is 1. The van der Waals surface area contributed by atoms with Crippen LogP contribution in [0.5, 0.6) is 5.75 Å². The molecule has 0 bridgehead atoms. The summed E-state index contributed by atoms with van der Waals surface area (Å²) in [4.78, 5) is 18.1. The van der Waals surface area contributed by atoms with Gasteiger partial charge in [-0.05, 0) is 24.3 Å². The first-order valence-electron chi connectivity index (χ1n) is 8.22. The number of aromatic nitrogens is 2. The number of amides is 1. The molecule has 0 aliphatic heterocycles. The van der Waals surface area contributed by atoms with Gasteiger partial charge >= 0.3 is 0 Å². The number of methoxy groups -OCH3 is 1. The van der Waals surface area contributed by atoms with E-state index in [0.29, 0.717) is 28.1 Å². The molecule has 1 aromatic heterocycles. The van der Waals surface area contributed by atoms with Crippen LogP contribution < -0.4 is 4.74 Å². The summed E-state index contributed by atoms with van der Waals surface area (Å²) in [5.41, 5.74) is 1.50. The molecule has 0 atom stereocenters. The number of para-hydroxylation sites is 1. The summed E-state index contributed by atoms with van der Waals surface area (Å²) in [6.07, 6.45) is 3.18. The van der Waals surface area contributed by atoms with E-state index in [2.05, 4.69) is 10.1 Å². The highest BCUT2D eigenvalue weighted by molar-refractivity contribution is 6.33. The van der Waals surface area contributed by atoms with Crippen molar-refractivity contribution < 1.29 is 14.1 Å². The molecule has 27 heavy (non-hydrogen) atoms. The lowest BCUT2D eigenvalue weighted by molar-refractivity contribution is -0.125. The molecule has 3 aromatic rings. The molecule has 138 valence electrons. The molecule has 0 saturated heterocycles. The molecule has 6 nitrogen and oxygen atoms in total. The van der Waals surface area contributed by atoms with Crippen molar-refractivity contribution in [3.8, 4) is 17.1 Å². The van der Waals surface area contributed by atoms with Gasteiger partial charge < -0.3 is 14.2 Å². The van der Waals surface area contributed by atoms with Crippen LogP contribution in [0.15, 0.2) is 59.1 Å². The topological polar surface area (TPSA) is 68.5 Å². The second kappa shape index (κ2) is 8.51. The van der Waals surface area contributed by atoms with Crippen LogP contribution in [0.4, 0.5) is 0 Å². The van der Waals surface area contributed by atoms with Crippen molar-refractivity contribution >= 4 is 23.6 Å². The minimum atomic E-state index is -0.196. The van der Waals surface area contributed by atoms with Crippen LogP contribution in [0.25, 0.3) is 17.5 Å². The Labute approximate surface area is 162 Å². The van der Waals surface area contributed by atoms with Crippen molar-refractivity contribution in [2.24, 2.45) is 0 Å². The third kappa shape index (κ3) is 4.54. The number of benzene rings is 2. The van der Waals surface area contributed by atoms with Crippen molar-refractivity contribution in [2.75, 3.05) is 14.2 Å². The van der Waals surface area contributed by atoms with Crippen molar-refractivity contribution in [1.82, 2.24) is 15.0 Å². The Hall–Kier alpha value is -3.12. The average molecular weight is 384 g/mol. The van der Waals surface area contributed by atoms with E-state index in [9.17, 15) is 4.79 Å². The van der Waals surface area contributed by atoms with E-state index >= 15 is 0 Å². The molecule has 7 heteroatoms. The predicted molar refractivity (Wildman–Crippen MR) is 103 cm³/mol. The monoisotopic (exact) mass is 383 g/mol. The van der Waals surface area contributed by atoms with E-state index in [1.807, 2.05) is 42.5 Å². The van der Waals surface area contributed by atoms with Gasteiger partial charge in [-0.15, -0.1) is 0 Å². The van der Waals surface area contributed by atoms with Gasteiger partial charge in [-0.3, -0.25) is 4.79 Å². The van der Waals surface area contributed by atoms with Crippen LogP contribution in [-0.2, 0) is 11.3 Å². The number of hydrogen-bond donors (Lipinski definition) is 0. The van der Waals surface area contributed by atoms with Crippen LogP contribution in [0.1, 0.15) is 11.5 Å². The van der Waals surface area contributed by atoms with E-state index in [1.165, 1.54) is 11.0 Å². The summed E-state index contributed by atoms with van der Waals surface area (Å²) >= 11 is 6.14. The molecule has 0 unspecified atom stereocenters. The maximum absolute atomic E-state index is 12.3. The molecule has 0 N–H and O–H groups in total. The zero-order chi connectivity index (χ0) is 19.2. The highest BCUT2D eigenvalue weighted by Crippen LogP contribution is 2.25. The molecular formula is C20H18ClN3O3. The smallest absolute Gasteiger partial charge is 0.246 e. The van der Waals surface area contributed by atoms with Crippen LogP contribution in [-0.4, -0.2) is 35.1 Å². The van der Waals surface area contributed by atoms with Crippen molar-refractivity contribution in [3.05, 3.63) is 71.1 Å². The van der Waals surface area contributed by atoms with E-state index in [-0.39, 0.29) is 12.5 Å². The summed E-state index contributed by atoms with van der Waals surface area (Å²) in [6.45, 7) is 0.187. The third-order valence-corrected chi connectivity index (χ3v) is 4.21. The Morgan fingerprint density at radius 3 is 2.74 bits per heavy atom. The number of carbonyl (C=O) groups excluding carboxylic acids is 1. The van der Waals surface area contributed by atoms with E-state index in [4.69, 9.17) is 20.9 Å². The highest BCUT2D eigenvalue weighted by Gasteiger charge is 2.14. The molecule has 0 spiro atoms. The summed E-state index contributed by atoms with van der Waals surface area (Å²) < 4.78 is 10.5. The molecule has 1 amide bonds. The lowest BCUT2D eigenvalue weighted by Gasteiger charge is -2.12. The van der Waals surface area contributed by atoms with Gasteiger partial charge in [0.15, 0.2) is 0 Å². The summed E-state index contributed by atoms with van der Waals surface area (Å²) in [6, 6.07) is 14.7. The van der Waals surface area contributed by atoms with Gasteiger partial charge in [-0.2, -0.15) is 4.98 Å². The quantitative estimate of drug-likeness (QED) is 0.600. The fourth-order valence-electron chi connectivity index (χ4n) is 2.44. The number of nitrogens with zero attached hydrogens (tertiary/aromatic N) is 3. The molecule has 2 aromatic carbocycles. The Morgan fingerprint density at radius 1 is 1.22 bits per heavy atom. The van der Waals surface area contributed by atoms with E-state index < -0.39 is 0 Å². The van der Waals surface area contributed by atoms with Crippen LogP contribution in [0.2, 0.25) is 5.02 Å². The Kier molecular flexibility index (Phi) is 5.88.